The van der Waals surface area contributed by atoms with Crippen LogP contribution in [0.4, 0.5) is 4.79 Å². The van der Waals surface area contributed by atoms with Gasteiger partial charge in [-0.05, 0) is 24.6 Å². The van der Waals surface area contributed by atoms with Gasteiger partial charge in [-0.15, -0.1) is 0 Å². The van der Waals surface area contributed by atoms with Gasteiger partial charge in [-0.3, -0.25) is 0 Å². The highest BCUT2D eigenvalue weighted by Crippen LogP contribution is 2.27. The van der Waals surface area contributed by atoms with Crippen molar-refractivity contribution in [3.05, 3.63) is 23.8 Å². The van der Waals surface area contributed by atoms with Gasteiger partial charge in [-0.25, -0.2) is 13.2 Å². The van der Waals surface area contributed by atoms with Crippen molar-refractivity contribution >= 4 is 16.1 Å². The molecule has 10 heteroatoms. The van der Waals surface area contributed by atoms with Crippen LogP contribution in [0.3, 0.4) is 0 Å². The fraction of sp³-hybridized carbons (Fsp3) is 0.588. The molecule has 1 saturated heterocycles. The van der Waals surface area contributed by atoms with E-state index in [4.69, 9.17) is 14.2 Å². The molecule has 2 N–H and O–H groups in total. The van der Waals surface area contributed by atoms with Crippen LogP contribution in [0.25, 0.3) is 0 Å². The van der Waals surface area contributed by atoms with Crippen LogP contribution < -0.4 is 20.1 Å². The van der Waals surface area contributed by atoms with E-state index in [-0.39, 0.29) is 18.8 Å². The summed E-state index contributed by atoms with van der Waals surface area (Å²) < 4.78 is 41.6. The third kappa shape index (κ3) is 6.56. The number of carbonyl (C=O) groups is 1. The molecule has 0 spiro atoms. The number of hydrogen-bond acceptors (Lipinski definition) is 6. The van der Waals surface area contributed by atoms with Crippen LogP contribution >= 0.6 is 0 Å². The Morgan fingerprint density at radius 1 is 1.22 bits per heavy atom. The maximum Gasteiger partial charge on any atom is 0.315 e. The number of hydrogen-bond donors (Lipinski definition) is 2. The normalized spacial score (nSPS) is 15.2. The highest BCUT2D eigenvalue weighted by atomic mass is 32.2. The molecule has 9 nitrogen and oxygen atoms in total. The van der Waals surface area contributed by atoms with Gasteiger partial charge in [0.15, 0.2) is 11.5 Å². The number of nitrogens with one attached hydrogen (secondary N) is 2. The summed E-state index contributed by atoms with van der Waals surface area (Å²) >= 11 is 0. The number of amides is 2. The van der Waals surface area contributed by atoms with Crippen molar-refractivity contribution in [3.8, 4) is 11.5 Å². The van der Waals surface area contributed by atoms with Crippen LogP contribution in [0.5, 0.6) is 11.5 Å². The average molecular weight is 401 g/mol. The van der Waals surface area contributed by atoms with Gasteiger partial charge < -0.3 is 24.8 Å². The Bertz CT molecular complexity index is 719. The van der Waals surface area contributed by atoms with E-state index in [1.54, 1.807) is 19.2 Å². The van der Waals surface area contributed by atoms with Crippen LogP contribution in [0.2, 0.25) is 0 Å². The number of ether oxygens (including phenoxy) is 3. The monoisotopic (exact) mass is 401 g/mol. The van der Waals surface area contributed by atoms with Gasteiger partial charge >= 0.3 is 6.03 Å². The summed E-state index contributed by atoms with van der Waals surface area (Å²) in [5.74, 6) is 1.09. The molecule has 1 aliphatic heterocycles. The van der Waals surface area contributed by atoms with E-state index in [9.17, 15) is 13.2 Å². The standard InChI is InChI=1S/C17H27N3O6S/c1-3-26-15-5-4-14(12-16(15)24-2)13-19-17(21)18-6-11-27(22,23)20-7-9-25-10-8-20/h4-5,12H,3,6-11,13H2,1-2H3,(H2,18,19,21). The van der Waals surface area contributed by atoms with Gasteiger partial charge in [-0.2, -0.15) is 4.31 Å². The first kappa shape index (κ1) is 21.3. The lowest BCUT2D eigenvalue weighted by atomic mass is 10.2. The van der Waals surface area contributed by atoms with Crippen molar-refractivity contribution in [2.45, 2.75) is 13.5 Å². The molecule has 27 heavy (non-hydrogen) atoms. The molecule has 0 aliphatic carbocycles. The first-order valence-electron chi connectivity index (χ1n) is 8.83. The van der Waals surface area contributed by atoms with Crippen molar-refractivity contribution in [1.82, 2.24) is 14.9 Å². The number of sulfonamides is 1. The predicted molar refractivity (Wildman–Crippen MR) is 101 cm³/mol. The largest absolute Gasteiger partial charge is 0.493 e. The zero-order valence-electron chi connectivity index (χ0n) is 15.7. The number of carbonyl (C=O) groups excluding carboxylic acids is 1. The third-order valence-electron chi connectivity index (χ3n) is 3.99. The van der Waals surface area contributed by atoms with E-state index < -0.39 is 16.1 Å². The van der Waals surface area contributed by atoms with Gasteiger partial charge in [-0.1, -0.05) is 6.07 Å². The molecule has 0 unspecified atom stereocenters. The molecule has 0 bridgehead atoms. The van der Waals surface area contributed by atoms with Gasteiger partial charge in [0.1, 0.15) is 0 Å². The number of benzene rings is 1. The van der Waals surface area contributed by atoms with Crippen LogP contribution in [-0.4, -0.2) is 71.1 Å². The third-order valence-corrected chi connectivity index (χ3v) is 5.86. The Morgan fingerprint density at radius 3 is 2.63 bits per heavy atom. The van der Waals surface area contributed by atoms with Crippen molar-refractivity contribution in [3.63, 3.8) is 0 Å². The summed E-state index contributed by atoms with van der Waals surface area (Å²) in [5, 5.41) is 5.26. The fourth-order valence-corrected chi connectivity index (χ4v) is 3.91. The van der Waals surface area contributed by atoms with E-state index in [0.717, 1.165) is 5.56 Å². The summed E-state index contributed by atoms with van der Waals surface area (Å²) in [6.07, 6.45) is 0. The Hall–Kier alpha value is -2.04. The summed E-state index contributed by atoms with van der Waals surface area (Å²) in [6.45, 7) is 4.25. The molecule has 1 aromatic carbocycles. The summed E-state index contributed by atoms with van der Waals surface area (Å²) in [7, 11) is -1.83. The van der Waals surface area contributed by atoms with Crippen molar-refractivity contribution in [2.75, 3.05) is 52.3 Å². The molecule has 1 fully saturated rings. The molecule has 152 valence electrons. The summed E-state index contributed by atoms with van der Waals surface area (Å²) in [5.41, 5.74) is 0.839. The predicted octanol–water partition coefficient (Wildman–Crippen LogP) is 0.555. The molecule has 0 aromatic heterocycles. The molecule has 1 heterocycles. The summed E-state index contributed by atoms with van der Waals surface area (Å²) in [6, 6.07) is 4.97. The van der Waals surface area contributed by atoms with Crippen LogP contribution in [0.1, 0.15) is 12.5 Å². The second kappa shape index (κ2) is 10.3. The highest BCUT2D eigenvalue weighted by molar-refractivity contribution is 7.89. The van der Waals surface area contributed by atoms with E-state index in [0.29, 0.717) is 44.4 Å². The molecular weight excluding hydrogens is 374 g/mol. The number of rotatable bonds is 9. The zero-order valence-corrected chi connectivity index (χ0v) is 16.5. The maximum atomic E-state index is 12.2. The molecule has 1 aliphatic rings. The molecule has 2 rings (SSSR count). The smallest absolute Gasteiger partial charge is 0.315 e. The van der Waals surface area contributed by atoms with Crippen molar-refractivity contribution in [2.24, 2.45) is 0 Å². The molecule has 0 atom stereocenters. The SMILES string of the molecule is CCOc1ccc(CNC(=O)NCCS(=O)(=O)N2CCOCC2)cc1OC. The van der Waals surface area contributed by atoms with E-state index in [1.165, 1.54) is 4.31 Å². The van der Waals surface area contributed by atoms with E-state index in [2.05, 4.69) is 10.6 Å². The van der Waals surface area contributed by atoms with Gasteiger partial charge in [0.05, 0.1) is 32.7 Å². The van der Waals surface area contributed by atoms with Crippen molar-refractivity contribution < 1.29 is 27.4 Å². The second-order valence-electron chi connectivity index (χ2n) is 5.86. The van der Waals surface area contributed by atoms with Gasteiger partial charge in [0, 0.05) is 26.2 Å². The lowest BCUT2D eigenvalue weighted by molar-refractivity contribution is 0.0730. The minimum atomic E-state index is -3.38. The van der Waals surface area contributed by atoms with E-state index in [1.807, 2.05) is 13.0 Å². The topological polar surface area (TPSA) is 106 Å². The van der Waals surface area contributed by atoms with Crippen LogP contribution in [-0.2, 0) is 21.3 Å². The first-order valence-corrected chi connectivity index (χ1v) is 10.4. The molecule has 0 radical (unpaired) electrons. The quantitative estimate of drug-likeness (QED) is 0.626. The molecule has 2 amide bonds. The Labute approximate surface area is 160 Å². The van der Waals surface area contributed by atoms with Crippen LogP contribution in [0.15, 0.2) is 18.2 Å². The molecule has 1 aromatic rings. The van der Waals surface area contributed by atoms with E-state index >= 15 is 0 Å². The van der Waals surface area contributed by atoms with Gasteiger partial charge in [0.2, 0.25) is 10.0 Å². The maximum absolute atomic E-state index is 12.2. The number of nitrogens with zero attached hydrogens (tertiary/aromatic N) is 1. The first-order chi connectivity index (χ1) is 13.0. The van der Waals surface area contributed by atoms with Crippen LogP contribution in [0, 0.1) is 0 Å². The molecule has 0 saturated carbocycles. The Morgan fingerprint density at radius 2 is 1.96 bits per heavy atom. The lowest BCUT2D eigenvalue weighted by Gasteiger charge is -2.26. The fourth-order valence-electron chi connectivity index (χ4n) is 2.59. The number of morpholine rings is 1. The zero-order chi connectivity index (χ0) is 19.7. The Balaban J connectivity index is 1.76. The van der Waals surface area contributed by atoms with Gasteiger partial charge in [0.25, 0.3) is 0 Å². The highest BCUT2D eigenvalue weighted by Gasteiger charge is 2.23. The minimum Gasteiger partial charge on any atom is -0.493 e. The average Bonchev–Trinajstić information content (AvgIpc) is 2.68. The number of urea groups is 1. The minimum absolute atomic E-state index is 0.0398. The van der Waals surface area contributed by atoms with Crippen molar-refractivity contribution in [1.29, 1.82) is 0 Å². The number of methoxy groups -OCH3 is 1. The second-order valence-corrected chi connectivity index (χ2v) is 7.94. The molecular formula is C17H27N3O6S. The Kier molecular flexibility index (Phi) is 8.14. The lowest BCUT2D eigenvalue weighted by Crippen LogP contribution is -2.44. The summed E-state index contributed by atoms with van der Waals surface area (Å²) in [4.78, 5) is 11.9.